The van der Waals surface area contributed by atoms with Gasteiger partial charge in [-0.1, -0.05) is 18.2 Å². The summed E-state index contributed by atoms with van der Waals surface area (Å²) in [6.45, 7) is 0.514. The summed E-state index contributed by atoms with van der Waals surface area (Å²) in [5.41, 5.74) is 1.20. The summed E-state index contributed by atoms with van der Waals surface area (Å²) in [7, 11) is 0. The third-order valence-corrected chi connectivity index (χ3v) is 1.96. The fourth-order valence-electron chi connectivity index (χ4n) is 1.24. The zero-order valence-electron chi connectivity index (χ0n) is 7.67. The van der Waals surface area contributed by atoms with Crippen molar-refractivity contribution in [2.45, 2.75) is 19.0 Å². The highest BCUT2D eigenvalue weighted by molar-refractivity contribution is 5.23. The molecule has 2 N–H and O–H groups in total. The second-order valence-electron chi connectivity index (χ2n) is 3.17. The SMILES string of the molecule is OCC(F)CNCC1=CCCC=C1. The van der Waals surface area contributed by atoms with Crippen LogP contribution in [0.2, 0.25) is 0 Å². The first-order valence-electron chi connectivity index (χ1n) is 4.64. The van der Waals surface area contributed by atoms with Gasteiger partial charge < -0.3 is 10.4 Å². The smallest absolute Gasteiger partial charge is 0.135 e. The zero-order valence-corrected chi connectivity index (χ0v) is 7.67. The highest BCUT2D eigenvalue weighted by atomic mass is 19.1. The molecule has 1 rings (SSSR count). The van der Waals surface area contributed by atoms with Gasteiger partial charge in [-0.05, 0) is 18.4 Å². The lowest BCUT2D eigenvalue weighted by molar-refractivity contribution is 0.176. The van der Waals surface area contributed by atoms with E-state index in [1.807, 2.05) is 0 Å². The van der Waals surface area contributed by atoms with E-state index in [2.05, 4.69) is 23.5 Å². The van der Waals surface area contributed by atoms with Crippen molar-refractivity contribution in [3.8, 4) is 0 Å². The fourth-order valence-corrected chi connectivity index (χ4v) is 1.24. The first kappa shape index (κ1) is 10.4. The predicted octanol–water partition coefficient (Wildman–Crippen LogP) is 1.18. The number of aliphatic hydroxyl groups excluding tert-OH is 1. The highest BCUT2D eigenvalue weighted by Crippen LogP contribution is 2.07. The van der Waals surface area contributed by atoms with E-state index in [0.717, 1.165) is 12.8 Å². The van der Waals surface area contributed by atoms with Crippen LogP contribution in [0, 0.1) is 0 Å². The van der Waals surface area contributed by atoms with Gasteiger partial charge in [0, 0.05) is 13.1 Å². The van der Waals surface area contributed by atoms with Crippen molar-refractivity contribution in [2.75, 3.05) is 19.7 Å². The first-order chi connectivity index (χ1) is 6.33. The maximum absolute atomic E-state index is 12.5. The van der Waals surface area contributed by atoms with Gasteiger partial charge in [-0.2, -0.15) is 0 Å². The van der Waals surface area contributed by atoms with E-state index in [0.29, 0.717) is 6.54 Å². The predicted molar refractivity (Wildman–Crippen MR) is 51.3 cm³/mol. The van der Waals surface area contributed by atoms with Crippen molar-refractivity contribution in [1.82, 2.24) is 5.32 Å². The van der Waals surface area contributed by atoms with E-state index in [1.165, 1.54) is 5.57 Å². The number of nitrogens with one attached hydrogen (secondary N) is 1. The van der Waals surface area contributed by atoms with E-state index in [9.17, 15) is 4.39 Å². The lowest BCUT2D eigenvalue weighted by Gasteiger charge is -2.09. The van der Waals surface area contributed by atoms with Gasteiger partial charge in [0.15, 0.2) is 0 Å². The summed E-state index contributed by atoms with van der Waals surface area (Å²) in [5, 5.41) is 11.4. The second-order valence-corrected chi connectivity index (χ2v) is 3.17. The van der Waals surface area contributed by atoms with Crippen LogP contribution >= 0.6 is 0 Å². The third kappa shape index (κ3) is 4.20. The number of hydrogen-bond donors (Lipinski definition) is 2. The van der Waals surface area contributed by atoms with Crippen molar-refractivity contribution in [3.05, 3.63) is 23.8 Å². The molecule has 0 spiro atoms. The molecule has 0 saturated carbocycles. The van der Waals surface area contributed by atoms with Crippen LogP contribution in [0.15, 0.2) is 23.8 Å². The zero-order chi connectivity index (χ0) is 9.52. The van der Waals surface area contributed by atoms with E-state index in [4.69, 9.17) is 5.11 Å². The average molecular weight is 185 g/mol. The minimum Gasteiger partial charge on any atom is -0.393 e. The maximum atomic E-state index is 12.5. The van der Waals surface area contributed by atoms with Gasteiger partial charge in [0.1, 0.15) is 6.17 Å². The number of halogens is 1. The maximum Gasteiger partial charge on any atom is 0.135 e. The van der Waals surface area contributed by atoms with E-state index >= 15 is 0 Å². The molecule has 0 aliphatic heterocycles. The Morgan fingerprint density at radius 1 is 1.54 bits per heavy atom. The van der Waals surface area contributed by atoms with Crippen LogP contribution in [-0.4, -0.2) is 31.0 Å². The molecule has 1 aliphatic carbocycles. The Labute approximate surface area is 78.1 Å². The van der Waals surface area contributed by atoms with Crippen LogP contribution in [0.1, 0.15) is 12.8 Å². The van der Waals surface area contributed by atoms with Crippen molar-refractivity contribution in [1.29, 1.82) is 0 Å². The van der Waals surface area contributed by atoms with Crippen molar-refractivity contribution >= 4 is 0 Å². The Morgan fingerprint density at radius 3 is 3.00 bits per heavy atom. The van der Waals surface area contributed by atoms with E-state index in [1.54, 1.807) is 0 Å². The average Bonchev–Trinajstić information content (AvgIpc) is 2.19. The minimum atomic E-state index is -1.15. The molecule has 3 heteroatoms. The van der Waals surface area contributed by atoms with Gasteiger partial charge in [0.2, 0.25) is 0 Å². The van der Waals surface area contributed by atoms with Gasteiger partial charge in [0.25, 0.3) is 0 Å². The molecule has 0 heterocycles. The molecule has 1 aliphatic rings. The topological polar surface area (TPSA) is 32.3 Å². The normalized spacial score (nSPS) is 18.5. The quantitative estimate of drug-likeness (QED) is 0.674. The Hall–Kier alpha value is -0.670. The van der Waals surface area contributed by atoms with Gasteiger partial charge in [-0.3, -0.25) is 0 Å². The first-order valence-corrected chi connectivity index (χ1v) is 4.64. The molecule has 0 bridgehead atoms. The number of hydrogen-bond acceptors (Lipinski definition) is 2. The molecule has 0 radical (unpaired) electrons. The number of rotatable bonds is 5. The Bertz CT molecular complexity index is 201. The molecular weight excluding hydrogens is 169 g/mol. The highest BCUT2D eigenvalue weighted by Gasteiger charge is 2.03. The summed E-state index contributed by atoms with van der Waals surface area (Å²) in [4.78, 5) is 0. The van der Waals surface area contributed by atoms with Gasteiger partial charge >= 0.3 is 0 Å². The Balaban J connectivity index is 2.12. The molecule has 1 atom stereocenters. The molecule has 0 fully saturated rings. The van der Waals surface area contributed by atoms with E-state index < -0.39 is 12.8 Å². The molecule has 13 heavy (non-hydrogen) atoms. The number of allylic oxidation sites excluding steroid dienone is 2. The third-order valence-electron chi connectivity index (χ3n) is 1.96. The monoisotopic (exact) mass is 185 g/mol. The van der Waals surface area contributed by atoms with E-state index in [-0.39, 0.29) is 6.54 Å². The van der Waals surface area contributed by atoms with Crippen LogP contribution in [0.3, 0.4) is 0 Å². The standard InChI is InChI=1S/C10H16FNO/c11-10(8-13)7-12-6-9-4-2-1-3-5-9/h2,4-5,10,12-13H,1,3,6-8H2. The summed E-state index contributed by atoms with van der Waals surface area (Å²) < 4.78 is 12.5. The molecule has 2 nitrogen and oxygen atoms in total. The molecule has 74 valence electrons. The van der Waals surface area contributed by atoms with Crippen molar-refractivity contribution < 1.29 is 9.50 Å². The van der Waals surface area contributed by atoms with Crippen molar-refractivity contribution in [2.24, 2.45) is 0 Å². The molecule has 0 aromatic heterocycles. The fraction of sp³-hybridized carbons (Fsp3) is 0.600. The summed E-state index contributed by atoms with van der Waals surface area (Å²) >= 11 is 0. The van der Waals surface area contributed by atoms with Crippen LogP contribution in [0.5, 0.6) is 0 Å². The van der Waals surface area contributed by atoms with Gasteiger partial charge in [-0.15, -0.1) is 0 Å². The van der Waals surface area contributed by atoms with Crippen LogP contribution < -0.4 is 5.32 Å². The summed E-state index contributed by atoms with van der Waals surface area (Å²) in [6.07, 6.45) is 7.37. The summed E-state index contributed by atoms with van der Waals surface area (Å²) in [6, 6.07) is 0. The van der Waals surface area contributed by atoms with Gasteiger partial charge in [-0.25, -0.2) is 4.39 Å². The number of aliphatic hydroxyl groups is 1. The second kappa shape index (κ2) is 5.89. The molecular formula is C10H16FNO. The number of alkyl halides is 1. The summed E-state index contributed by atoms with van der Waals surface area (Å²) in [5.74, 6) is 0. The van der Waals surface area contributed by atoms with Crippen molar-refractivity contribution in [3.63, 3.8) is 0 Å². The molecule has 0 aromatic carbocycles. The molecule has 1 unspecified atom stereocenters. The molecule has 0 amide bonds. The molecule has 0 saturated heterocycles. The van der Waals surface area contributed by atoms with Crippen LogP contribution in [-0.2, 0) is 0 Å². The lowest BCUT2D eigenvalue weighted by Crippen LogP contribution is -2.27. The molecule has 0 aromatic rings. The Morgan fingerprint density at radius 2 is 2.38 bits per heavy atom. The van der Waals surface area contributed by atoms with Gasteiger partial charge in [0.05, 0.1) is 6.61 Å². The minimum absolute atomic E-state index is 0.224. The lowest BCUT2D eigenvalue weighted by atomic mass is 10.1. The van der Waals surface area contributed by atoms with Crippen LogP contribution in [0.4, 0.5) is 4.39 Å². The van der Waals surface area contributed by atoms with Crippen LogP contribution in [0.25, 0.3) is 0 Å². The Kier molecular flexibility index (Phi) is 4.72. The largest absolute Gasteiger partial charge is 0.393 e.